The molecule has 1 saturated heterocycles. The number of methoxy groups -OCH3 is 1. The van der Waals surface area contributed by atoms with Gasteiger partial charge < -0.3 is 15.2 Å². The number of hydrogen-bond donors (Lipinski definition) is 1. The first-order valence-electron chi connectivity index (χ1n) is 6.88. The molecule has 1 aromatic carbocycles. The Morgan fingerprint density at radius 3 is 2.60 bits per heavy atom. The summed E-state index contributed by atoms with van der Waals surface area (Å²) in [6.45, 7) is 7.69. The molecule has 1 aromatic rings. The summed E-state index contributed by atoms with van der Waals surface area (Å²) < 4.78 is 10.7. The van der Waals surface area contributed by atoms with E-state index < -0.39 is 0 Å². The fraction of sp³-hybridized carbons (Fsp3) is 0.600. The highest BCUT2D eigenvalue weighted by molar-refractivity contribution is 6.32. The standard InChI is InChI=1S/C15H23ClN2O2/c1-15(2,18-6-8-20-9-7-18)14(17)11-4-5-12(16)13(10-11)19-3/h4-5,10,14H,6-9,17H2,1-3H3. The second-order valence-electron chi connectivity index (χ2n) is 5.62. The van der Waals surface area contributed by atoms with Crippen LogP contribution in [0.2, 0.25) is 5.02 Å². The molecule has 0 saturated carbocycles. The van der Waals surface area contributed by atoms with Crippen LogP contribution in [0.1, 0.15) is 25.5 Å². The van der Waals surface area contributed by atoms with Crippen molar-refractivity contribution in [2.45, 2.75) is 25.4 Å². The van der Waals surface area contributed by atoms with Gasteiger partial charge in [-0.2, -0.15) is 0 Å². The van der Waals surface area contributed by atoms with E-state index in [-0.39, 0.29) is 11.6 Å². The van der Waals surface area contributed by atoms with E-state index in [1.54, 1.807) is 7.11 Å². The molecule has 0 spiro atoms. The number of nitrogens with two attached hydrogens (primary N) is 1. The predicted molar refractivity (Wildman–Crippen MR) is 81.4 cm³/mol. The minimum Gasteiger partial charge on any atom is -0.495 e. The lowest BCUT2D eigenvalue weighted by atomic mass is 9.87. The van der Waals surface area contributed by atoms with Gasteiger partial charge in [-0.15, -0.1) is 0 Å². The summed E-state index contributed by atoms with van der Waals surface area (Å²) in [5.41, 5.74) is 7.38. The van der Waals surface area contributed by atoms with Gasteiger partial charge in [0.05, 0.1) is 25.3 Å². The summed E-state index contributed by atoms with van der Waals surface area (Å²) in [5.74, 6) is 0.664. The van der Waals surface area contributed by atoms with Gasteiger partial charge >= 0.3 is 0 Å². The number of ether oxygens (including phenoxy) is 2. The largest absolute Gasteiger partial charge is 0.495 e. The third kappa shape index (κ3) is 3.09. The van der Waals surface area contributed by atoms with Gasteiger partial charge in [0.2, 0.25) is 0 Å². The van der Waals surface area contributed by atoms with Gasteiger partial charge in [-0.25, -0.2) is 0 Å². The smallest absolute Gasteiger partial charge is 0.137 e. The molecule has 0 radical (unpaired) electrons. The lowest BCUT2D eigenvalue weighted by molar-refractivity contribution is -0.0190. The van der Waals surface area contributed by atoms with E-state index in [1.165, 1.54) is 0 Å². The van der Waals surface area contributed by atoms with E-state index in [2.05, 4.69) is 18.7 Å². The molecule has 1 atom stereocenters. The van der Waals surface area contributed by atoms with Crippen LogP contribution in [0.3, 0.4) is 0 Å². The molecule has 5 heteroatoms. The molecule has 4 nitrogen and oxygen atoms in total. The van der Waals surface area contributed by atoms with Gasteiger partial charge in [0, 0.05) is 24.7 Å². The Kier molecular flexibility index (Phi) is 4.91. The molecule has 2 N–H and O–H groups in total. The van der Waals surface area contributed by atoms with Crippen molar-refractivity contribution in [3.8, 4) is 5.75 Å². The summed E-state index contributed by atoms with van der Waals surface area (Å²) in [7, 11) is 1.61. The molecule has 0 aliphatic carbocycles. The number of benzene rings is 1. The first kappa shape index (κ1) is 15.6. The molecular weight excluding hydrogens is 276 g/mol. The zero-order valence-electron chi connectivity index (χ0n) is 12.4. The van der Waals surface area contributed by atoms with Gasteiger partial charge in [-0.1, -0.05) is 17.7 Å². The molecular formula is C15H23ClN2O2. The average molecular weight is 299 g/mol. The van der Waals surface area contributed by atoms with E-state index in [0.29, 0.717) is 10.8 Å². The quantitative estimate of drug-likeness (QED) is 0.927. The van der Waals surface area contributed by atoms with Gasteiger partial charge in [0.1, 0.15) is 5.75 Å². The molecule has 1 fully saturated rings. The van der Waals surface area contributed by atoms with E-state index in [9.17, 15) is 0 Å². The molecule has 1 aliphatic rings. The van der Waals surface area contributed by atoms with E-state index >= 15 is 0 Å². The van der Waals surface area contributed by atoms with Crippen LogP contribution in [0.4, 0.5) is 0 Å². The van der Waals surface area contributed by atoms with E-state index in [0.717, 1.165) is 31.9 Å². The normalized spacial score (nSPS) is 18.9. The first-order chi connectivity index (χ1) is 9.46. The highest BCUT2D eigenvalue weighted by Gasteiger charge is 2.35. The zero-order valence-corrected chi connectivity index (χ0v) is 13.1. The molecule has 1 aliphatic heterocycles. The summed E-state index contributed by atoms with van der Waals surface area (Å²) >= 11 is 6.07. The third-order valence-corrected chi connectivity index (χ3v) is 4.43. The van der Waals surface area contributed by atoms with E-state index in [4.69, 9.17) is 26.8 Å². The Hall–Kier alpha value is -0.810. The number of morpholine rings is 1. The second-order valence-corrected chi connectivity index (χ2v) is 6.03. The molecule has 2 rings (SSSR count). The number of hydrogen-bond acceptors (Lipinski definition) is 4. The van der Waals surface area contributed by atoms with Gasteiger partial charge in [0.25, 0.3) is 0 Å². The summed E-state index contributed by atoms with van der Waals surface area (Å²) in [5, 5.41) is 0.604. The molecule has 1 unspecified atom stereocenters. The van der Waals surface area contributed by atoms with Crippen molar-refractivity contribution >= 4 is 11.6 Å². The third-order valence-electron chi connectivity index (χ3n) is 4.12. The fourth-order valence-electron chi connectivity index (χ4n) is 2.61. The average Bonchev–Trinajstić information content (AvgIpc) is 2.48. The lowest BCUT2D eigenvalue weighted by Gasteiger charge is -2.44. The van der Waals surface area contributed by atoms with Crippen molar-refractivity contribution in [3.63, 3.8) is 0 Å². The SMILES string of the molecule is COc1cc(C(N)C(C)(C)N2CCOCC2)ccc1Cl. The van der Waals surface area contributed by atoms with Crippen LogP contribution in [-0.4, -0.2) is 43.9 Å². The van der Waals surface area contributed by atoms with Crippen LogP contribution in [0.15, 0.2) is 18.2 Å². The minimum atomic E-state index is -0.150. The van der Waals surface area contributed by atoms with Crippen LogP contribution >= 0.6 is 11.6 Å². The number of rotatable bonds is 4. The highest BCUT2D eigenvalue weighted by atomic mass is 35.5. The van der Waals surface area contributed by atoms with Crippen LogP contribution in [0.5, 0.6) is 5.75 Å². The van der Waals surface area contributed by atoms with Crippen LogP contribution < -0.4 is 10.5 Å². The van der Waals surface area contributed by atoms with Crippen LogP contribution in [-0.2, 0) is 4.74 Å². The first-order valence-corrected chi connectivity index (χ1v) is 7.26. The Bertz CT molecular complexity index is 459. The number of nitrogens with zero attached hydrogens (tertiary/aromatic N) is 1. The van der Waals surface area contributed by atoms with Crippen molar-refractivity contribution in [2.75, 3.05) is 33.4 Å². The fourth-order valence-corrected chi connectivity index (χ4v) is 2.81. The summed E-state index contributed by atoms with van der Waals surface area (Å²) in [4.78, 5) is 2.38. The zero-order chi connectivity index (χ0) is 14.8. The Balaban J connectivity index is 2.22. The highest BCUT2D eigenvalue weighted by Crippen LogP contribution is 2.33. The second kappa shape index (κ2) is 6.31. The topological polar surface area (TPSA) is 47.7 Å². The van der Waals surface area contributed by atoms with Gasteiger partial charge in [-0.3, -0.25) is 4.90 Å². The molecule has 112 valence electrons. The molecule has 20 heavy (non-hydrogen) atoms. The lowest BCUT2D eigenvalue weighted by Crippen LogP contribution is -2.55. The van der Waals surface area contributed by atoms with Gasteiger partial charge in [-0.05, 0) is 31.5 Å². The maximum Gasteiger partial charge on any atom is 0.137 e. The molecule has 0 bridgehead atoms. The van der Waals surface area contributed by atoms with Crippen molar-refractivity contribution in [1.82, 2.24) is 4.90 Å². The maximum absolute atomic E-state index is 6.50. The van der Waals surface area contributed by atoms with Crippen molar-refractivity contribution in [1.29, 1.82) is 0 Å². The predicted octanol–water partition coefficient (Wildman–Crippen LogP) is 2.46. The molecule has 0 amide bonds. The summed E-state index contributed by atoms with van der Waals surface area (Å²) in [6, 6.07) is 5.62. The molecule has 1 heterocycles. The Labute approximate surface area is 125 Å². The monoisotopic (exact) mass is 298 g/mol. The molecule has 0 aromatic heterocycles. The Morgan fingerprint density at radius 2 is 2.00 bits per heavy atom. The van der Waals surface area contributed by atoms with E-state index in [1.807, 2.05) is 18.2 Å². The van der Waals surface area contributed by atoms with Crippen LogP contribution in [0, 0.1) is 0 Å². The van der Waals surface area contributed by atoms with Crippen molar-refractivity contribution in [2.24, 2.45) is 5.73 Å². The van der Waals surface area contributed by atoms with Crippen LogP contribution in [0.25, 0.3) is 0 Å². The minimum absolute atomic E-state index is 0.119. The van der Waals surface area contributed by atoms with Crippen molar-refractivity contribution in [3.05, 3.63) is 28.8 Å². The Morgan fingerprint density at radius 1 is 1.35 bits per heavy atom. The van der Waals surface area contributed by atoms with Crippen molar-refractivity contribution < 1.29 is 9.47 Å². The van der Waals surface area contributed by atoms with Gasteiger partial charge in [0.15, 0.2) is 0 Å². The number of halogens is 1. The maximum atomic E-state index is 6.50. The summed E-state index contributed by atoms with van der Waals surface area (Å²) in [6.07, 6.45) is 0.